The van der Waals surface area contributed by atoms with Crippen LogP contribution in [-0.2, 0) is 9.59 Å². The summed E-state index contributed by atoms with van der Waals surface area (Å²) in [6.07, 6.45) is 0.571. The van der Waals surface area contributed by atoms with Crippen molar-refractivity contribution in [3.8, 4) is 5.75 Å². The number of nitrogens with zero attached hydrogens (tertiary/aromatic N) is 2. The lowest BCUT2D eigenvalue weighted by Crippen LogP contribution is -2.49. The van der Waals surface area contributed by atoms with Crippen molar-refractivity contribution in [1.29, 1.82) is 0 Å². The van der Waals surface area contributed by atoms with Crippen LogP contribution in [0.25, 0.3) is 0 Å². The molecule has 2 heterocycles. The fraction of sp³-hybridized carbons (Fsp3) is 0.471. The van der Waals surface area contributed by atoms with Crippen LogP contribution in [0, 0.1) is 0 Å². The minimum Gasteiger partial charge on any atom is -0.478 e. The Morgan fingerprint density at radius 3 is 2.56 bits per heavy atom. The number of amides is 4. The molecule has 0 aliphatic carbocycles. The van der Waals surface area contributed by atoms with E-state index in [1.807, 2.05) is 0 Å². The van der Waals surface area contributed by atoms with Crippen molar-refractivity contribution in [2.24, 2.45) is 0 Å². The Labute approximate surface area is 150 Å². The van der Waals surface area contributed by atoms with E-state index in [-0.39, 0.29) is 30.4 Å². The molecule has 2 saturated heterocycles. The van der Waals surface area contributed by atoms with Crippen molar-refractivity contribution < 1.29 is 19.1 Å². The van der Waals surface area contributed by atoms with Crippen LogP contribution < -0.4 is 10.1 Å². The first kappa shape index (κ1) is 17.5. The summed E-state index contributed by atoms with van der Waals surface area (Å²) in [5.74, 6) is 0.116. The first-order valence-electron chi connectivity index (χ1n) is 8.12. The van der Waals surface area contributed by atoms with Crippen LogP contribution in [0.4, 0.5) is 4.79 Å². The number of nitrogens with one attached hydrogen (secondary N) is 1. The zero-order valence-electron chi connectivity index (χ0n) is 14.1. The smallest absolute Gasteiger partial charge is 0.324 e. The molecular weight excluding hydrogens is 346 g/mol. The standard InChI is InChI=1S/C17H20ClN3O4/c1-17(2,25-13-5-3-11(18)4-6-13)15(23)20-8-7-12(10-20)21-14(22)9-19-16(21)24/h3-6,12H,7-10H2,1-2H3,(H,19,24). The maximum Gasteiger partial charge on any atom is 0.324 e. The number of benzene rings is 1. The van der Waals surface area contributed by atoms with E-state index in [1.54, 1.807) is 43.0 Å². The molecule has 8 heteroatoms. The lowest BCUT2D eigenvalue weighted by molar-refractivity contribution is -0.144. The molecule has 25 heavy (non-hydrogen) atoms. The Balaban J connectivity index is 1.65. The highest BCUT2D eigenvalue weighted by molar-refractivity contribution is 6.30. The number of hydrogen-bond acceptors (Lipinski definition) is 4. The number of rotatable bonds is 4. The monoisotopic (exact) mass is 365 g/mol. The third-order valence-corrected chi connectivity index (χ3v) is 4.65. The summed E-state index contributed by atoms with van der Waals surface area (Å²) < 4.78 is 5.82. The molecule has 1 aromatic carbocycles. The molecule has 0 spiro atoms. The van der Waals surface area contributed by atoms with Gasteiger partial charge in [0, 0.05) is 18.1 Å². The van der Waals surface area contributed by atoms with Gasteiger partial charge in [-0.15, -0.1) is 0 Å². The predicted molar refractivity (Wildman–Crippen MR) is 91.4 cm³/mol. The van der Waals surface area contributed by atoms with Crippen molar-refractivity contribution in [2.75, 3.05) is 19.6 Å². The van der Waals surface area contributed by atoms with Crippen molar-refractivity contribution >= 4 is 29.4 Å². The van der Waals surface area contributed by atoms with E-state index in [1.165, 1.54) is 4.90 Å². The van der Waals surface area contributed by atoms with E-state index in [0.29, 0.717) is 30.3 Å². The summed E-state index contributed by atoms with van der Waals surface area (Å²) >= 11 is 5.86. The van der Waals surface area contributed by atoms with Crippen LogP contribution in [0.15, 0.2) is 24.3 Å². The van der Waals surface area contributed by atoms with Gasteiger partial charge in [0.25, 0.3) is 5.91 Å². The quantitative estimate of drug-likeness (QED) is 0.823. The van der Waals surface area contributed by atoms with Crippen molar-refractivity contribution in [3.05, 3.63) is 29.3 Å². The van der Waals surface area contributed by atoms with Crippen molar-refractivity contribution in [2.45, 2.75) is 31.9 Å². The second-order valence-corrected chi connectivity index (χ2v) is 7.12. The summed E-state index contributed by atoms with van der Waals surface area (Å²) in [5, 5.41) is 3.10. The molecular formula is C17H20ClN3O4. The van der Waals surface area contributed by atoms with E-state index in [9.17, 15) is 14.4 Å². The molecule has 2 aliphatic rings. The van der Waals surface area contributed by atoms with Gasteiger partial charge in [-0.1, -0.05) is 11.6 Å². The van der Waals surface area contributed by atoms with E-state index >= 15 is 0 Å². The molecule has 0 saturated carbocycles. The van der Waals surface area contributed by atoms with Gasteiger partial charge in [0.15, 0.2) is 5.60 Å². The topological polar surface area (TPSA) is 79.0 Å². The SMILES string of the molecule is CC(C)(Oc1ccc(Cl)cc1)C(=O)N1CCC(N2C(=O)CNC2=O)C1. The predicted octanol–water partition coefficient (Wildman–Crippen LogP) is 1.65. The average Bonchev–Trinajstić information content (AvgIpc) is 3.15. The second kappa shape index (κ2) is 6.55. The molecule has 3 rings (SSSR count). The minimum absolute atomic E-state index is 0.0223. The third kappa shape index (κ3) is 3.56. The summed E-state index contributed by atoms with van der Waals surface area (Å²) in [7, 11) is 0. The lowest BCUT2D eigenvalue weighted by atomic mass is 10.1. The Kier molecular flexibility index (Phi) is 4.60. The highest BCUT2D eigenvalue weighted by atomic mass is 35.5. The summed E-state index contributed by atoms with van der Waals surface area (Å²) in [4.78, 5) is 39.3. The van der Waals surface area contributed by atoms with Gasteiger partial charge in [-0.2, -0.15) is 0 Å². The van der Waals surface area contributed by atoms with Gasteiger partial charge in [0.2, 0.25) is 5.91 Å². The Morgan fingerprint density at radius 1 is 1.28 bits per heavy atom. The Hall–Kier alpha value is -2.28. The maximum atomic E-state index is 12.8. The van der Waals surface area contributed by atoms with Crippen LogP contribution in [0.3, 0.4) is 0 Å². The largest absolute Gasteiger partial charge is 0.478 e. The number of carbonyl (C=O) groups is 3. The first-order chi connectivity index (χ1) is 11.8. The molecule has 1 atom stereocenters. The van der Waals surface area contributed by atoms with E-state index < -0.39 is 5.60 Å². The summed E-state index contributed by atoms with van der Waals surface area (Å²) in [5.41, 5.74) is -1.07. The number of urea groups is 1. The van der Waals surface area contributed by atoms with Gasteiger partial charge >= 0.3 is 6.03 Å². The van der Waals surface area contributed by atoms with Crippen molar-refractivity contribution in [1.82, 2.24) is 15.1 Å². The molecule has 1 N–H and O–H groups in total. The Morgan fingerprint density at radius 2 is 1.96 bits per heavy atom. The normalized spacial score (nSPS) is 20.8. The molecule has 0 bridgehead atoms. The molecule has 2 fully saturated rings. The Bertz CT molecular complexity index is 688. The minimum atomic E-state index is -1.07. The van der Waals surface area contributed by atoms with Gasteiger partial charge in [0.1, 0.15) is 5.75 Å². The second-order valence-electron chi connectivity index (χ2n) is 6.68. The summed E-state index contributed by atoms with van der Waals surface area (Å²) in [6, 6.07) is 6.13. The van der Waals surface area contributed by atoms with Gasteiger partial charge in [-0.05, 0) is 44.5 Å². The zero-order valence-corrected chi connectivity index (χ0v) is 14.9. The maximum absolute atomic E-state index is 12.8. The third-order valence-electron chi connectivity index (χ3n) is 4.40. The molecule has 4 amide bonds. The van der Waals surface area contributed by atoms with Crippen molar-refractivity contribution in [3.63, 3.8) is 0 Å². The lowest BCUT2D eigenvalue weighted by Gasteiger charge is -2.30. The van der Waals surface area contributed by atoms with Gasteiger partial charge in [0.05, 0.1) is 12.6 Å². The number of hydrogen-bond donors (Lipinski definition) is 1. The number of carbonyl (C=O) groups excluding carboxylic acids is 3. The van der Waals surface area contributed by atoms with E-state index in [2.05, 4.69) is 5.32 Å². The zero-order chi connectivity index (χ0) is 18.2. The fourth-order valence-electron chi connectivity index (χ4n) is 3.16. The molecule has 134 valence electrons. The van der Waals surface area contributed by atoms with Crippen LogP contribution in [0.1, 0.15) is 20.3 Å². The highest BCUT2D eigenvalue weighted by Gasteiger charge is 2.43. The number of ether oxygens (including phenoxy) is 1. The van der Waals surface area contributed by atoms with Crippen LogP contribution in [0.2, 0.25) is 5.02 Å². The summed E-state index contributed by atoms with van der Waals surface area (Å²) in [6.45, 7) is 4.23. The molecule has 0 aromatic heterocycles. The molecule has 2 aliphatic heterocycles. The number of halogens is 1. The fourth-order valence-corrected chi connectivity index (χ4v) is 3.29. The van der Waals surface area contributed by atoms with E-state index in [0.717, 1.165) is 0 Å². The van der Waals surface area contributed by atoms with Gasteiger partial charge < -0.3 is 15.0 Å². The van der Waals surface area contributed by atoms with Crippen LogP contribution in [-0.4, -0.2) is 58.9 Å². The molecule has 1 unspecified atom stereocenters. The first-order valence-corrected chi connectivity index (χ1v) is 8.49. The van der Waals surface area contributed by atoms with Gasteiger partial charge in [-0.25, -0.2) is 4.79 Å². The van der Waals surface area contributed by atoms with Crippen LogP contribution in [0.5, 0.6) is 5.75 Å². The van der Waals surface area contributed by atoms with E-state index in [4.69, 9.17) is 16.3 Å². The highest BCUT2D eigenvalue weighted by Crippen LogP contribution is 2.25. The molecule has 1 aromatic rings. The average molecular weight is 366 g/mol. The van der Waals surface area contributed by atoms with Gasteiger partial charge in [-0.3, -0.25) is 14.5 Å². The number of likely N-dealkylation sites (tertiary alicyclic amines) is 1. The molecule has 0 radical (unpaired) electrons. The van der Waals surface area contributed by atoms with Crippen LogP contribution >= 0.6 is 11.6 Å². The number of imide groups is 1. The molecule has 7 nitrogen and oxygen atoms in total.